The zero-order valence-electron chi connectivity index (χ0n) is 34.0. The molecule has 1 unspecified atom stereocenters. The first-order valence-electron chi connectivity index (χ1n) is 20.7. The van der Waals surface area contributed by atoms with Crippen molar-refractivity contribution in [2.24, 2.45) is 0 Å². The number of hydrogen-bond acceptors (Lipinski definition) is 6. The summed E-state index contributed by atoms with van der Waals surface area (Å²) in [5.41, 5.74) is 5.58. The van der Waals surface area contributed by atoms with Crippen molar-refractivity contribution in [3.05, 3.63) is 166 Å². The van der Waals surface area contributed by atoms with Crippen molar-refractivity contribution in [1.82, 2.24) is 10.6 Å². The highest BCUT2D eigenvalue weighted by molar-refractivity contribution is 6.31. The van der Waals surface area contributed by atoms with Gasteiger partial charge in [0.25, 0.3) is 0 Å². The Bertz CT molecular complexity index is 2180. The highest BCUT2D eigenvalue weighted by Gasteiger charge is 2.42. The number of rotatable bonds is 13. The van der Waals surface area contributed by atoms with E-state index in [1.54, 1.807) is 6.07 Å². The van der Waals surface area contributed by atoms with Gasteiger partial charge in [-0.05, 0) is 73.4 Å². The average Bonchev–Trinajstić information content (AvgIpc) is 3.35. The lowest BCUT2D eigenvalue weighted by Crippen LogP contribution is -2.52. The molecule has 0 saturated heterocycles. The Hall–Kier alpha value is -5.44. The minimum atomic E-state index is -1.45. The summed E-state index contributed by atoms with van der Waals surface area (Å²) in [6, 6.07) is 40.2. The second kappa shape index (κ2) is 18.6. The van der Waals surface area contributed by atoms with E-state index < -0.39 is 41.8 Å². The van der Waals surface area contributed by atoms with E-state index in [0.29, 0.717) is 22.1 Å². The molecule has 0 heterocycles. The molecule has 0 radical (unpaired) electrons. The van der Waals surface area contributed by atoms with Crippen molar-refractivity contribution >= 4 is 29.6 Å². The molecule has 2 amide bonds. The number of fused-ring (bicyclic) bond motifs is 3. The lowest BCUT2D eigenvalue weighted by Gasteiger charge is -2.36. The molecule has 8 nitrogen and oxygen atoms in total. The van der Waals surface area contributed by atoms with Gasteiger partial charge in [0.15, 0.2) is 5.60 Å². The van der Waals surface area contributed by atoms with E-state index in [2.05, 4.69) is 34.9 Å². The molecule has 2 N–H and O–H groups in total. The van der Waals surface area contributed by atoms with Crippen LogP contribution >= 0.6 is 11.6 Å². The number of alkyl carbamates (subject to hydrolysis) is 1. The van der Waals surface area contributed by atoms with Crippen LogP contribution in [0.3, 0.4) is 0 Å². The standard InChI is InChI=1S/C50H53ClN2O6/c1-49(2,3)58-33-45(53-48(56)57-32-42-40-23-13-11-21-38(40)39-22-12-14-24-41(39)42)47(55)52-31-46(54)59-50(36-19-9-6-10-20-36,43-25-15-16-26-44(43)51)37-29-27-35(28-30-37)34-17-7-4-5-8-18-34/h6,9-16,19-30,34,42,45H,4-5,7-8,17-18,31-33H2,1-3H3,(H,52,55)(H,53,56)/t45-,50?/m0/s1. The number of esters is 1. The molecule has 1 fully saturated rings. The summed E-state index contributed by atoms with van der Waals surface area (Å²) >= 11 is 6.94. The van der Waals surface area contributed by atoms with Crippen LogP contribution in [0.2, 0.25) is 5.02 Å². The van der Waals surface area contributed by atoms with E-state index in [-0.39, 0.29) is 19.1 Å². The predicted molar refractivity (Wildman–Crippen MR) is 231 cm³/mol. The van der Waals surface area contributed by atoms with Crippen LogP contribution in [-0.2, 0) is 29.4 Å². The first-order chi connectivity index (χ1) is 28.5. The van der Waals surface area contributed by atoms with Gasteiger partial charge >= 0.3 is 12.1 Å². The molecule has 0 bridgehead atoms. The van der Waals surface area contributed by atoms with Gasteiger partial charge in [-0.25, -0.2) is 4.79 Å². The normalized spacial score (nSPS) is 15.8. The molecule has 0 spiro atoms. The lowest BCUT2D eigenvalue weighted by molar-refractivity contribution is -0.153. The molecule has 59 heavy (non-hydrogen) atoms. The van der Waals surface area contributed by atoms with E-state index in [0.717, 1.165) is 40.7 Å². The molecule has 5 aromatic carbocycles. The largest absolute Gasteiger partial charge is 0.449 e. The van der Waals surface area contributed by atoms with Crippen molar-refractivity contribution in [2.45, 2.75) is 88.4 Å². The van der Waals surface area contributed by atoms with Gasteiger partial charge in [-0.1, -0.05) is 159 Å². The summed E-state index contributed by atoms with van der Waals surface area (Å²) in [5.74, 6) is -1.01. The highest BCUT2D eigenvalue weighted by atomic mass is 35.5. The summed E-state index contributed by atoms with van der Waals surface area (Å²) in [4.78, 5) is 41.3. The van der Waals surface area contributed by atoms with E-state index in [9.17, 15) is 14.4 Å². The van der Waals surface area contributed by atoms with Gasteiger partial charge in [0.2, 0.25) is 5.91 Å². The number of halogens is 1. The van der Waals surface area contributed by atoms with E-state index >= 15 is 0 Å². The summed E-state index contributed by atoms with van der Waals surface area (Å²) in [5, 5.41) is 5.81. The van der Waals surface area contributed by atoms with Gasteiger partial charge < -0.3 is 24.8 Å². The van der Waals surface area contributed by atoms with Crippen LogP contribution in [0, 0.1) is 0 Å². The summed E-state index contributed by atoms with van der Waals surface area (Å²) in [6.07, 6.45) is 6.49. The van der Waals surface area contributed by atoms with Crippen LogP contribution < -0.4 is 10.6 Å². The number of hydrogen-bond donors (Lipinski definition) is 2. The van der Waals surface area contributed by atoms with Crippen LogP contribution in [-0.4, -0.2) is 49.4 Å². The van der Waals surface area contributed by atoms with E-state index in [1.807, 2.05) is 118 Å². The van der Waals surface area contributed by atoms with Crippen LogP contribution in [0.5, 0.6) is 0 Å². The topological polar surface area (TPSA) is 103 Å². The van der Waals surface area contributed by atoms with Crippen molar-refractivity contribution in [2.75, 3.05) is 19.8 Å². The Kier molecular flexibility index (Phi) is 13.2. The SMILES string of the molecule is CC(C)(C)OC[C@H](NC(=O)OCC1c2ccccc2-c2ccccc21)C(=O)NCC(=O)OC(c1ccccc1)(c1ccc(C2CCCCCC2)cc1)c1ccccc1Cl. The van der Waals surface area contributed by atoms with Crippen LogP contribution in [0.1, 0.15) is 105 Å². The molecule has 9 heteroatoms. The Morgan fingerprint density at radius 2 is 1.29 bits per heavy atom. The minimum Gasteiger partial charge on any atom is -0.449 e. The minimum absolute atomic E-state index is 0.0753. The summed E-state index contributed by atoms with van der Waals surface area (Å²) in [6.45, 7) is 4.99. The van der Waals surface area contributed by atoms with E-state index in [4.69, 9.17) is 25.8 Å². The third-order valence-corrected chi connectivity index (χ3v) is 11.7. The lowest BCUT2D eigenvalue weighted by atomic mass is 9.79. The predicted octanol–water partition coefficient (Wildman–Crippen LogP) is 10.5. The first kappa shape index (κ1) is 41.7. The average molecular weight is 813 g/mol. The maximum Gasteiger partial charge on any atom is 0.407 e. The quantitative estimate of drug-likeness (QED) is 0.0697. The number of benzene rings is 5. The van der Waals surface area contributed by atoms with Gasteiger partial charge in [0.1, 0.15) is 19.2 Å². The van der Waals surface area contributed by atoms with Gasteiger partial charge in [-0.2, -0.15) is 0 Å². The zero-order valence-corrected chi connectivity index (χ0v) is 34.8. The molecule has 2 atom stereocenters. The van der Waals surface area contributed by atoms with E-state index in [1.165, 1.54) is 31.2 Å². The number of carbonyl (C=O) groups is 3. The van der Waals surface area contributed by atoms with Crippen molar-refractivity contribution < 1.29 is 28.6 Å². The first-order valence-corrected chi connectivity index (χ1v) is 21.1. The molecule has 0 aliphatic heterocycles. The number of ether oxygens (including phenoxy) is 3. The molecular weight excluding hydrogens is 760 g/mol. The second-order valence-electron chi connectivity index (χ2n) is 16.5. The summed E-state index contributed by atoms with van der Waals surface area (Å²) in [7, 11) is 0. The molecule has 2 aliphatic rings. The zero-order chi connectivity index (χ0) is 41.4. The maximum atomic E-state index is 14.1. The van der Waals surface area contributed by atoms with Crippen molar-refractivity contribution in [3.63, 3.8) is 0 Å². The monoisotopic (exact) mass is 812 g/mol. The van der Waals surface area contributed by atoms with Gasteiger partial charge in [0.05, 0.1) is 12.2 Å². The van der Waals surface area contributed by atoms with Gasteiger partial charge in [-0.15, -0.1) is 0 Å². The number of nitrogens with one attached hydrogen (secondary N) is 2. The van der Waals surface area contributed by atoms with Crippen LogP contribution in [0.4, 0.5) is 4.79 Å². The summed E-state index contributed by atoms with van der Waals surface area (Å²) < 4.78 is 18.3. The van der Waals surface area contributed by atoms with Crippen molar-refractivity contribution in [3.8, 4) is 11.1 Å². The molecule has 0 aromatic heterocycles. The molecule has 7 rings (SSSR count). The number of amides is 2. The second-order valence-corrected chi connectivity index (χ2v) is 16.9. The Morgan fingerprint density at radius 3 is 1.92 bits per heavy atom. The van der Waals surface area contributed by atoms with Gasteiger partial charge in [0, 0.05) is 27.6 Å². The molecule has 5 aromatic rings. The third kappa shape index (κ3) is 9.72. The third-order valence-electron chi connectivity index (χ3n) is 11.4. The molecular formula is C50H53ClN2O6. The van der Waals surface area contributed by atoms with Gasteiger partial charge in [-0.3, -0.25) is 9.59 Å². The van der Waals surface area contributed by atoms with Crippen LogP contribution in [0.15, 0.2) is 127 Å². The Labute approximate surface area is 352 Å². The Morgan fingerprint density at radius 1 is 0.712 bits per heavy atom. The smallest absolute Gasteiger partial charge is 0.407 e. The molecule has 1 saturated carbocycles. The fourth-order valence-electron chi connectivity index (χ4n) is 8.46. The highest BCUT2D eigenvalue weighted by Crippen LogP contribution is 2.46. The molecule has 306 valence electrons. The molecule has 2 aliphatic carbocycles. The fourth-order valence-corrected chi connectivity index (χ4v) is 8.73. The number of carbonyl (C=O) groups excluding carboxylic acids is 3. The van der Waals surface area contributed by atoms with Crippen LogP contribution in [0.25, 0.3) is 11.1 Å². The Balaban J connectivity index is 1.09. The fraction of sp³-hybridized carbons (Fsp3) is 0.340. The van der Waals surface area contributed by atoms with Crippen molar-refractivity contribution in [1.29, 1.82) is 0 Å². The maximum absolute atomic E-state index is 14.1.